The normalized spacial score (nSPS) is 20.4. The Morgan fingerprint density at radius 1 is 1.05 bits per heavy atom. The fourth-order valence-electron chi connectivity index (χ4n) is 1.83. The fourth-order valence-corrected chi connectivity index (χ4v) is 1.83. The summed E-state index contributed by atoms with van der Waals surface area (Å²) in [7, 11) is 0. The smallest absolute Gasteiger partial charge is 0.389 e. The van der Waals surface area contributed by atoms with E-state index in [2.05, 4.69) is 10.1 Å². The Kier molecular flexibility index (Phi) is 6.05. The summed E-state index contributed by atoms with van der Waals surface area (Å²) in [4.78, 5) is 1.74. The highest BCUT2D eigenvalue weighted by molar-refractivity contribution is 4.77. The van der Waals surface area contributed by atoms with Crippen molar-refractivity contribution in [3.8, 4) is 0 Å². The summed E-state index contributed by atoms with van der Waals surface area (Å²) < 4.78 is 76.9. The van der Waals surface area contributed by atoms with Crippen LogP contribution in [-0.2, 0) is 4.74 Å². The number of β-amino-alcohol motifs (C(OH)–C–C–N with tert-alkyl or cyclic N) is 1. The second kappa shape index (κ2) is 6.92. The van der Waals surface area contributed by atoms with E-state index in [1.165, 1.54) is 0 Å². The number of nitrogens with one attached hydrogen (secondary N) is 1. The third kappa shape index (κ3) is 5.81. The van der Waals surface area contributed by atoms with Gasteiger partial charge in [-0.2, -0.15) is 26.3 Å². The van der Waals surface area contributed by atoms with Gasteiger partial charge < -0.3 is 15.2 Å². The van der Waals surface area contributed by atoms with Crippen LogP contribution in [0.4, 0.5) is 26.3 Å². The number of aliphatic hydroxyl groups is 1. The summed E-state index contributed by atoms with van der Waals surface area (Å²) in [6.45, 7) is 1.40. The predicted octanol–water partition coefficient (Wildman–Crippen LogP) is 0.762. The molecule has 0 aromatic rings. The Morgan fingerprint density at radius 3 is 2.00 bits per heavy atom. The number of hydrogen-bond donors (Lipinski definition) is 2. The van der Waals surface area contributed by atoms with Gasteiger partial charge in [0, 0.05) is 32.7 Å². The zero-order valence-corrected chi connectivity index (χ0v) is 10.5. The lowest BCUT2D eigenvalue weighted by molar-refractivity contribution is -0.324. The summed E-state index contributed by atoms with van der Waals surface area (Å²) >= 11 is 0. The SMILES string of the molecule is OC(COC(C(F)(F)F)C(F)(F)F)CN1CCNCC1. The summed E-state index contributed by atoms with van der Waals surface area (Å²) in [6, 6.07) is 0. The molecule has 0 saturated carbocycles. The van der Waals surface area contributed by atoms with Crippen molar-refractivity contribution in [1.29, 1.82) is 0 Å². The zero-order valence-electron chi connectivity index (χ0n) is 10.5. The third-order valence-corrected chi connectivity index (χ3v) is 2.73. The van der Waals surface area contributed by atoms with Crippen LogP contribution in [0.3, 0.4) is 0 Å². The average molecular weight is 310 g/mol. The van der Waals surface area contributed by atoms with Crippen molar-refractivity contribution < 1.29 is 36.2 Å². The van der Waals surface area contributed by atoms with Crippen LogP contribution in [-0.4, -0.2) is 73.9 Å². The lowest BCUT2D eigenvalue weighted by Crippen LogP contribution is -2.49. The number of halogens is 6. The number of piperazine rings is 1. The lowest BCUT2D eigenvalue weighted by Gasteiger charge is -2.30. The molecule has 0 amide bonds. The summed E-state index contributed by atoms with van der Waals surface area (Å²) in [5.74, 6) is 0. The topological polar surface area (TPSA) is 44.7 Å². The maximum Gasteiger partial charge on any atom is 0.423 e. The van der Waals surface area contributed by atoms with Crippen LogP contribution in [0.5, 0.6) is 0 Å². The molecule has 0 aliphatic carbocycles. The quantitative estimate of drug-likeness (QED) is 0.736. The van der Waals surface area contributed by atoms with E-state index in [0.29, 0.717) is 26.2 Å². The third-order valence-electron chi connectivity index (χ3n) is 2.73. The summed E-state index contributed by atoms with van der Waals surface area (Å²) in [5.41, 5.74) is 0. The van der Waals surface area contributed by atoms with E-state index in [9.17, 15) is 31.4 Å². The molecule has 1 unspecified atom stereocenters. The van der Waals surface area contributed by atoms with E-state index < -0.39 is 31.2 Å². The number of rotatable bonds is 5. The van der Waals surface area contributed by atoms with Crippen LogP contribution in [0, 0.1) is 0 Å². The van der Waals surface area contributed by atoms with Gasteiger partial charge in [0.1, 0.15) is 0 Å². The summed E-state index contributed by atoms with van der Waals surface area (Å²) in [5, 5.41) is 12.5. The minimum absolute atomic E-state index is 0.0237. The minimum atomic E-state index is -5.55. The van der Waals surface area contributed by atoms with Crippen molar-refractivity contribution in [1.82, 2.24) is 10.2 Å². The van der Waals surface area contributed by atoms with Gasteiger partial charge in [0.15, 0.2) is 0 Å². The van der Waals surface area contributed by atoms with Gasteiger partial charge in [-0.3, -0.25) is 4.90 Å². The summed E-state index contributed by atoms with van der Waals surface area (Å²) in [6.07, 6.45) is -16.4. The molecule has 0 aromatic carbocycles. The van der Waals surface area contributed by atoms with Crippen LogP contribution in [0.25, 0.3) is 0 Å². The van der Waals surface area contributed by atoms with E-state index in [0.717, 1.165) is 0 Å². The van der Waals surface area contributed by atoms with Crippen LogP contribution in [0.15, 0.2) is 0 Å². The highest BCUT2D eigenvalue weighted by Gasteiger charge is 2.58. The van der Waals surface area contributed by atoms with Crippen LogP contribution < -0.4 is 5.32 Å². The molecule has 1 aliphatic heterocycles. The van der Waals surface area contributed by atoms with Gasteiger partial charge in [-0.1, -0.05) is 0 Å². The van der Waals surface area contributed by atoms with Gasteiger partial charge in [0.25, 0.3) is 0 Å². The molecule has 1 saturated heterocycles. The first-order valence-corrected chi connectivity index (χ1v) is 5.97. The molecule has 1 aliphatic rings. The van der Waals surface area contributed by atoms with E-state index in [-0.39, 0.29) is 6.54 Å². The van der Waals surface area contributed by atoms with Gasteiger partial charge >= 0.3 is 12.4 Å². The second-order valence-corrected chi connectivity index (χ2v) is 4.50. The zero-order chi connectivity index (χ0) is 15.4. The van der Waals surface area contributed by atoms with Crippen molar-refractivity contribution >= 4 is 0 Å². The number of nitrogens with zero attached hydrogens (tertiary/aromatic N) is 1. The first-order valence-electron chi connectivity index (χ1n) is 5.97. The molecule has 1 fully saturated rings. The Balaban J connectivity index is 2.42. The van der Waals surface area contributed by atoms with Crippen LogP contribution >= 0.6 is 0 Å². The minimum Gasteiger partial charge on any atom is -0.389 e. The van der Waals surface area contributed by atoms with E-state index in [1.807, 2.05) is 0 Å². The van der Waals surface area contributed by atoms with E-state index in [4.69, 9.17) is 0 Å². The van der Waals surface area contributed by atoms with Gasteiger partial charge in [-0.15, -0.1) is 0 Å². The maximum absolute atomic E-state index is 12.2. The van der Waals surface area contributed by atoms with Crippen molar-refractivity contribution in [2.75, 3.05) is 39.3 Å². The Morgan fingerprint density at radius 2 is 1.55 bits per heavy atom. The van der Waals surface area contributed by atoms with E-state index in [1.54, 1.807) is 4.90 Å². The molecule has 1 atom stereocenters. The van der Waals surface area contributed by atoms with Gasteiger partial charge in [0.2, 0.25) is 6.10 Å². The fraction of sp³-hybridized carbons (Fsp3) is 1.00. The molecule has 1 heterocycles. The molecule has 0 bridgehead atoms. The average Bonchev–Trinajstić information content (AvgIpc) is 2.26. The molecular weight excluding hydrogens is 294 g/mol. The first kappa shape index (κ1) is 17.5. The monoisotopic (exact) mass is 310 g/mol. The Labute approximate surface area is 111 Å². The van der Waals surface area contributed by atoms with Crippen molar-refractivity contribution in [2.24, 2.45) is 0 Å². The number of ether oxygens (including phenoxy) is 1. The lowest BCUT2D eigenvalue weighted by atomic mass is 10.3. The maximum atomic E-state index is 12.2. The molecule has 0 spiro atoms. The Bertz CT molecular complexity index is 276. The standard InChI is InChI=1S/C10H16F6N2O2/c11-9(12,13)8(10(14,15)16)20-6-7(19)5-18-3-1-17-2-4-18/h7-8,17,19H,1-6H2. The second-order valence-electron chi connectivity index (χ2n) is 4.50. The van der Waals surface area contributed by atoms with Crippen molar-refractivity contribution in [2.45, 2.75) is 24.6 Å². The molecular formula is C10H16F6N2O2. The first-order chi connectivity index (χ1) is 9.10. The highest BCUT2D eigenvalue weighted by atomic mass is 19.4. The number of hydrogen-bond acceptors (Lipinski definition) is 4. The molecule has 20 heavy (non-hydrogen) atoms. The van der Waals surface area contributed by atoms with Crippen LogP contribution in [0.1, 0.15) is 0 Å². The molecule has 120 valence electrons. The van der Waals surface area contributed by atoms with Crippen molar-refractivity contribution in [3.63, 3.8) is 0 Å². The highest BCUT2D eigenvalue weighted by Crippen LogP contribution is 2.35. The van der Waals surface area contributed by atoms with Gasteiger partial charge in [-0.05, 0) is 0 Å². The number of aliphatic hydroxyl groups excluding tert-OH is 1. The van der Waals surface area contributed by atoms with Crippen molar-refractivity contribution in [3.05, 3.63) is 0 Å². The van der Waals surface area contributed by atoms with E-state index >= 15 is 0 Å². The molecule has 0 radical (unpaired) electrons. The molecule has 0 aromatic heterocycles. The molecule has 10 heteroatoms. The molecule has 4 nitrogen and oxygen atoms in total. The van der Waals surface area contributed by atoms with Gasteiger partial charge in [0.05, 0.1) is 12.7 Å². The number of alkyl halides is 6. The Hall–Kier alpha value is -0.580. The van der Waals surface area contributed by atoms with Gasteiger partial charge in [-0.25, -0.2) is 0 Å². The molecule has 1 rings (SSSR count). The largest absolute Gasteiger partial charge is 0.423 e. The van der Waals surface area contributed by atoms with Crippen LogP contribution in [0.2, 0.25) is 0 Å². The molecule has 2 N–H and O–H groups in total. The predicted molar refractivity (Wildman–Crippen MR) is 57.2 cm³/mol.